The molecule has 0 saturated carbocycles. The average Bonchev–Trinajstić information content (AvgIpc) is 3.16. The maximum atomic E-state index is 10.1. The lowest BCUT2D eigenvalue weighted by Gasteiger charge is -2.38. The van der Waals surface area contributed by atoms with Crippen LogP contribution in [0, 0.1) is 0 Å². The van der Waals surface area contributed by atoms with Crippen molar-refractivity contribution in [3.05, 3.63) is 65.0 Å². The highest BCUT2D eigenvalue weighted by Gasteiger charge is 2.37. The first-order chi connectivity index (χ1) is 12.7. The fourth-order valence-electron chi connectivity index (χ4n) is 3.15. The molecule has 0 unspecified atom stereocenters. The Kier molecular flexibility index (Phi) is 4.63. The van der Waals surface area contributed by atoms with Gasteiger partial charge in [0, 0.05) is 22.6 Å². The van der Waals surface area contributed by atoms with E-state index < -0.39 is 5.54 Å². The smallest absolute Gasteiger partial charge is 0.240 e. The molecule has 0 amide bonds. The van der Waals surface area contributed by atoms with Crippen LogP contribution in [0.4, 0.5) is 0 Å². The van der Waals surface area contributed by atoms with Crippen LogP contribution in [0.3, 0.4) is 0 Å². The van der Waals surface area contributed by atoms with Crippen molar-refractivity contribution in [3.63, 3.8) is 0 Å². The van der Waals surface area contributed by atoms with Gasteiger partial charge in [0.15, 0.2) is 0 Å². The van der Waals surface area contributed by atoms with Crippen LogP contribution >= 0.6 is 11.6 Å². The third-order valence-electron chi connectivity index (χ3n) is 4.61. The average molecular weight is 372 g/mol. The molecule has 2 aromatic carbocycles. The highest BCUT2D eigenvalue weighted by atomic mass is 35.5. The number of para-hydroxylation sites is 1. The Morgan fingerprint density at radius 1 is 1.15 bits per heavy atom. The summed E-state index contributed by atoms with van der Waals surface area (Å²) in [5.41, 5.74) is 1.17. The van der Waals surface area contributed by atoms with E-state index in [-0.39, 0.29) is 6.61 Å². The number of aliphatic hydroxyl groups is 1. The molecule has 26 heavy (non-hydrogen) atoms. The molecule has 7 heteroatoms. The summed E-state index contributed by atoms with van der Waals surface area (Å²) >= 11 is 5.90. The predicted molar refractivity (Wildman–Crippen MR) is 96.9 cm³/mol. The summed E-state index contributed by atoms with van der Waals surface area (Å²) in [5, 5.41) is 18.1. The monoisotopic (exact) mass is 371 g/mol. The normalized spacial score (nSPS) is 19.0. The van der Waals surface area contributed by atoms with Crippen LogP contribution in [0.25, 0.3) is 11.4 Å². The zero-order valence-electron chi connectivity index (χ0n) is 14.0. The van der Waals surface area contributed by atoms with Crippen LogP contribution in [0.5, 0.6) is 5.75 Å². The molecule has 4 rings (SSSR count). The molecule has 0 radical (unpaired) electrons. The molecule has 1 aliphatic heterocycles. The highest BCUT2D eigenvalue weighted by molar-refractivity contribution is 6.30. The Morgan fingerprint density at radius 2 is 1.96 bits per heavy atom. The number of halogens is 1. The minimum absolute atomic E-state index is 0.0500. The van der Waals surface area contributed by atoms with Crippen LogP contribution in [0.2, 0.25) is 5.02 Å². The fourth-order valence-corrected chi connectivity index (χ4v) is 3.28. The van der Waals surface area contributed by atoms with Crippen LogP contribution < -0.4 is 10.1 Å². The number of nitrogens with one attached hydrogen (secondary N) is 1. The second kappa shape index (κ2) is 7.07. The van der Waals surface area contributed by atoms with Crippen LogP contribution in [-0.2, 0) is 12.1 Å². The third kappa shape index (κ3) is 3.19. The van der Waals surface area contributed by atoms with Gasteiger partial charge in [-0.25, -0.2) is 0 Å². The minimum Gasteiger partial charge on any atom is -0.493 e. The van der Waals surface area contributed by atoms with Crippen molar-refractivity contribution in [3.8, 4) is 17.1 Å². The zero-order valence-corrected chi connectivity index (χ0v) is 14.7. The van der Waals surface area contributed by atoms with Gasteiger partial charge < -0.3 is 14.4 Å². The number of ether oxygens (including phenoxy) is 1. The first kappa shape index (κ1) is 17.0. The summed E-state index contributed by atoms with van der Waals surface area (Å²) in [4.78, 5) is 4.42. The van der Waals surface area contributed by atoms with Gasteiger partial charge in [-0.3, -0.25) is 5.32 Å². The molecule has 134 valence electrons. The number of nitrogens with zero attached hydrogens (tertiary/aromatic N) is 2. The minimum atomic E-state index is -0.594. The van der Waals surface area contributed by atoms with Crippen molar-refractivity contribution in [2.75, 3.05) is 13.2 Å². The summed E-state index contributed by atoms with van der Waals surface area (Å²) < 4.78 is 11.0. The number of fused-ring (bicyclic) bond motifs is 1. The van der Waals surface area contributed by atoms with Gasteiger partial charge in [0.2, 0.25) is 11.7 Å². The Hall–Kier alpha value is -2.41. The molecule has 0 fully saturated rings. The number of rotatable bonds is 5. The lowest BCUT2D eigenvalue weighted by atomic mass is 9.85. The van der Waals surface area contributed by atoms with Crippen molar-refractivity contribution >= 4 is 11.6 Å². The van der Waals surface area contributed by atoms with Crippen LogP contribution in [-0.4, -0.2) is 28.5 Å². The standard InChI is InChI=1S/C19H18ClN3O3/c20-14-7-5-13(6-8-14)18-22-17(26-23-18)11-21-19(12-24)9-10-25-16-4-2-1-3-15(16)19/h1-8,21,24H,9-12H2/t19-/m0/s1. The van der Waals surface area contributed by atoms with Gasteiger partial charge in [-0.15, -0.1) is 0 Å². The maximum Gasteiger partial charge on any atom is 0.240 e. The van der Waals surface area contributed by atoms with Gasteiger partial charge in [0.25, 0.3) is 0 Å². The molecule has 3 aromatic rings. The first-order valence-electron chi connectivity index (χ1n) is 8.37. The van der Waals surface area contributed by atoms with Crippen LogP contribution in [0.15, 0.2) is 53.1 Å². The van der Waals surface area contributed by atoms with E-state index in [1.807, 2.05) is 36.4 Å². The van der Waals surface area contributed by atoms with Gasteiger partial charge >= 0.3 is 0 Å². The number of hydrogen-bond acceptors (Lipinski definition) is 6. The summed E-state index contributed by atoms with van der Waals surface area (Å²) in [7, 11) is 0. The Morgan fingerprint density at radius 3 is 2.77 bits per heavy atom. The van der Waals surface area contributed by atoms with E-state index in [2.05, 4.69) is 15.5 Å². The molecule has 0 aliphatic carbocycles. The molecule has 0 spiro atoms. The maximum absolute atomic E-state index is 10.1. The number of benzene rings is 2. The molecular formula is C19H18ClN3O3. The van der Waals surface area contributed by atoms with E-state index in [9.17, 15) is 5.11 Å². The van der Waals surface area contributed by atoms with E-state index in [0.717, 1.165) is 16.9 Å². The summed E-state index contributed by atoms with van der Waals surface area (Å²) in [6, 6.07) is 15.0. The second-order valence-electron chi connectivity index (χ2n) is 6.21. The number of aliphatic hydroxyl groups excluding tert-OH is 1. The molecule has 1 aromatic heterocycles. The summed E-state index contributed by atoms with van der Waals surface area (Å²) in [5.74, 6) is 1.74. The van der Waals surface area contributed by atoms with Gasteiger partial charge in [-0.2, -0.15) is 4.98 Å². The molecule has 6 nitrogen and oxygen atoms in total. The quantitative estimate of drug-likeness (QED) is 0.717. The predicted octanol–water partition coefficient (Wildman–Crippen LogP) is 3.15. The SMILES string of the molecule is OC[C@@]1(NCc2nc(-c3ccc(Cl)cc3)no2)CCOc2ccccc21. The number of hydrogen-bond donors (Lipinski definition) is 2. The van der Waals surface area contributed by atoms with Crippen molar-refractivity contribution in [1.82, 2.24) is 15.5 Å². The Bertz CT molecular complexity index is 897. The molecule has 1 aliphatic rings. The molecular weight excluding hydrogens is 354 g/mol. The lowest BCUT2D eigenvalue weighted by Crippen LogP contribution is -2.48. The van der Waals surface area contributed by atoms with E-state index in [0.29, 0.717) is 36.3 Å². The van der Waals surface area contributed by atoms with Crippen molar-refractivity contribution < 1.29 is 14.4 Å². The summed E-state index contributed by atoms with van der Waals surface area (Å²) in [6.45, 7) is 0.825. The zero-order chi connectivity index (χ0) is 18.0. The van der Waals surface area contributed by atoms with Gasteiger partial charge in [-0.05, 0) is 30.3 Å². The largest absolute Gasteiger partial charge is 0.493 e. The van der Waals surface area contributed by atoms with E-state index in [1.165, 1.54) is 0 Å². The van der Waals surface area contributed by atoms with Crippen molar-refractivity contribution in [1.29, 1.82) is 0 Å². The molecule has 1 atom stereocenters. The highest BCUT2D eigenvalue weighted by Crippen LogP contribution is 2.36. The summed E-state index contributed by atoms with van der Waals surface area (Å²) in [6.07, 6.45) is 0.651. The molecule has 0 bridgehead atoms. The fraction of sp³-hybridized carbons (Fsp3) is 0.263. The van der Waals surface area contributed by atoms with E-state index in [4.69, 9.17) is 20.9 Å². The second-order valence-corrected chi connectivity index (χ2v) is 6.64. The lowest BCUT2D eigenvalue weighted by molar-refractivity contribution is 0.103. The van der Waals surface area contributed by atoms with Crippen molar-refractivity contribution in [2.45, 2.75) is 18.5 Å². The topological polar surface area (TPSA) is 80.4 Å². The van der Waals surface area contributed by atoms with Gasteiger partial charge in [0.05, 0.1) is 25.3 Å². The van der Waals surface area contributed by atoms with Gasteiger partial charge in [-0.1, -0.05) is 35.0 Å². The molecule has 2 heterocycles. The number of aromatic nitrogens is 2. The van der Waals surface area contributed by atoms with Crippen molar-refractivity contribution in [2.24, 2.45) is 0 Å². The first-order valence-corrected chi connectivity index (χ1v) is 8.75. The third-order valence-corrected chi connectivity index (χ3v) is 4.86. The van der Waals surface area contributed by atoms with E-state index >= 15 is 0 Å². The van der Waals surface area contributed by atoms with E-state index in [1.54, 1.807) is 12.1 Å². The Labute approximate surface area is 155 Å². The van der Waals surface area contributed by atoms with Gasteiger partial charge in [0.1, 0.15) is 5.75 Å². The molecule has 0 saturated heterocycles. The van der Waals surface area contributed by atoms with Crippen LogP contribution in [0.1, 0.15) is 17.9 Å². The Balaban J connectivity index is 1.53. The molecule has 2 N–H and O–H groups in total.